The second kappa shape index (κ2) is 8.44. The van der Waals surface area contributed by atoms with Crippen LogP contribution in [-0.4, -0.2) is 44.5 Å². The number of hydrogen-bond acceptors (Lipinski definition) is 11. The van der Waals surface area contributed by atoms with Crippen molar-refractivity contribution < 1.29 is 27.9 Å². The van der Waals surface area contributed by atoms with Gasteiger partial charge < -0.3 is 29.1 Å². The molecule has 14 heteroatoms. The number of nitrogen functional groups attached to an aromatic ring is 1. The molecule has 0 saturated heterocycles. The number of methoxy groups -OCH3 is 1. The molecule has 0 aliphatic heterocycles. The third kappa shape index (κ3) is 4.70. The number of aromatic nitrogens is 4. The summed E-state index contributed by atoms with van der Waals surface area (Å²) >= 11 is 0. The van der Waals surface area contributed by atoms with E-state index < -0.39 is 13.9 Å². The maximum atomic E-state index is 12.0. The van der Waals surface area contributed by atoms with Gasteiger partial charge in [-0.3, -0.25) is 9.09 Å². The van der Waals surface area contributed by atoms with Gasteiger partial charge in [-0.25, -0.2) is 4.98 Å². The summed E-state index contributed by atoms with van der Waals surface area (Å²) in [6.45, 7) is 0.0863. The second-order valence-corrected chi connectivity index (χ2v) is 7.27. The van der Waals surface area contributed by atoms with Crippen molar-refractivity contribution in [3.8, 4) is 5.88 Å². The highest BCUT2D eigenvalue weighted by Gasteiger charge is 2.21. The van der Waals surface area contributed by atoms with Crippen molar-refractivity contribution in [2.45, 2.75) is 13.2 Å². The van der Waals surface area contributed by atoms with Crippen LogP contribution in [0.25, 0.3) is 11.2 Å². The van der Waals surface area contributed by atoms with E-state index in [0.717, 1.165) is 0 Å². The summed E-state index contributed by atoms with van der Waals surface area (Å²) in [6, 6.07) is 2.74. The fourth-order valence-electron chi connectivity index (χ4n) is 2.28. The van der Waals surface area contributed by atoms with Crippen LogP contribution < -0.4 is 10.5 Å². The fraction of sp³-hybridized carbons (Fsp3) is 0.357. The molecule has 0 aliphatic rings. The van der Waals surface area contributed by atoms with Gasteiger partial charge in [-0.05, 0) is 6.07 Å². The van der Waals surface area contributed by atoms with Crippen molar-refractivity contribution in [1.82, 2.24) is 19.5 Å². The highest BCUT2D eigenvalue weighted by Crippen LogP contribution is 2.42. The lowest BCUT2D eigenvalue weighted by molar-refractivity contribution is 0.133. The number of furan rings is 1. The number of rotatable bonds is 10. The normalized spacial score (nSPS) is 13.5. The van der Waals surface area contributed by atoms with Crippen molar-refractivity contribution in [2.75, 3.05) is 25.8 Å². The zero-order chi connectivity index (χ0) is 20.1. The van der Waals surface area contributed by atoms with E-state index in [-0.39, 0.29) is 36.7 Å². The molecule has 0 saturated carbocycles. The number of hydrogen-bond donors (Lipinski definition) is 2. The smallest absolute Gasteiger partial charge is 0.353 e. The Morgan fingerprint density at radius 2 is 2.21 bits per heavy atom. The first-order chi connectivity index (χ1) is 13.4. The Balaban J connectivity index is 1.51. The molecule has 0 bridgehead atoms. The molecule has 0 aromatic carbocycles. The molecule has 150 valence electrons. The second-order valence-electron chi connectivity index (χ2n) is 5.48. The molecule has 1 unspecified atom stereocenters. The Hall–Kier alpha value is -2.86. The van der Waals surface area contributed by atoms with Gasteiger partial charge in [0.15, 0.2) is 11.2 Å². The van der Waals surface area contributed by atoms with Crippen molar-refractivity contribution >= 4 is 30.6 Å². The monoisotopic (exact) mass is 412 g/mol. The molecule has 28 heavy (non-hydrogen) atoms. The molecule has 0 aliphatic carbocycles. The Bertz CT molecular complexity index is 1020. The first-order valence-corrected chi connectivity index (χ1v) is 9.66. The molecular formula is C14H17N6O7P. The van der Waals surface area contributed by atoms with Crippen LogP contribution in [0.5, 0.6) is 5.88 Å². The number of nitroso groups, excluding NO2 is 1. The zero-order valence-corrected chi connectivity index (χ0v) is 15.6. The first-order valence-electron chi connectivity index (χ1n) is 7.90. The molecule has 0 radical (unpaired) electrons. The minimum Gasteiger partial charge on any atom is -0.479 e. The molecule has 0 amide bonds. The van der Waals surface area contributed by atoms with Gasteiger partial charge in [0.2, 0.25) is 11.8 Å². The molecule has 3 aromatic heterocycles. The van der Waals surface area contributed by atoms with E-state index in [0.29, 0.717) is 17.7 Å². The third-order valence-corrected chi connectivity index (χ3v) is 4.56. The van der Waals surface area contributed by atoms with Crippen molar-refractivity contribution in [3.63, 3.8) is 0 Å². The maximum absolute atomic E-state index is 12.0. The number of anilines is 1. The van der Waals surface area contributed by atoms with Crippen molar-refractivity contribution in [2.24, 2.45) is 5.18 Å². The molecule has 3 aromatic rings. The Labute approximate surface area is 157 Å². The number of imidazole rings is 1. The molecule has 3 heterocycles. The summed E-state index contributed by atoms with van der Waals surface area (Å²) in [5.41, 5.74) is 6.53. The molecule has 3 N–H and O–H groups in total. The summed E-state index contributed by atoms with van der Waals surface area (Å²) in [6.07, 6.45) is 0.981. The minimum absolute atomic E-state index is 0.0335. The van der Waals surface area contributed by atoms with E-state index in [1.807, 2.05) is 0 Å². The van der Waals surface area contributed by atoms with Crippen LogP contribution in [0, 0.1) is 4.91 Å². The van der Waals surface area contributed by atoms with E-state index in [1.54, 1.807) is 4.57 Å². The Morgan fingerprint density at radius 1 is 1.39 bits per heavy atom. The quantitative estimate of drug-likeness (QED) is 0.282. The van der Waals surface area contributed by atoms with Gasteiger partial charge in [-0.1, -0.05) is 0 Å². The molecular weight excluding hydrogens is 395 g/mol. The Kier molecular flexibility index (Phi) is 5.99. The van der Waals surface area contributed by atoms with Crippen LogP contribution in [0.4, 0.5) is 11.8 Å². The van der Waals surface area contributed by atoms with Crippen LogP contribution >= 0.6 is 7.60 Å². The van der Waals surface area contributed by atoms with E-state index in [2.05, 4.69) is 20.1 Å². The van der Waals surface area contributed by atoms with E-state index in [9.17, 15) is 14.4 Å². The summed E-state index contributed by atoms with van der Waals surface area (Å²) in [7, 11) is -2.57. The third-order valence-electron chi connectivity index (χ3n) is 3.52. The molecule has 0 spiro atoms. The van der Waals surface area contributed by atoms with Crippen LogP contribution in [0.3, 0.4) is 0 Å². The summed E-state index contributed by atoms with van der Waals surface area (Å²) in [4.78, 5) is 32.3. The van der Waals surface area contributed by atoms with Crippen LogP contribution in [0.15, 0.2) is 28.1 Å². The van der Waals surface area contributed by atoms with Gasteiger partial charge in [-0.15, -0.1) is 4.91 Å². The number of nitrogens with zero attached hydrogens (tertiary/aromatic N) is 5. The summed E-state index contributed by atoms with van der Waals surface area (Å²) in [5, 5.41) is 2.60. The zero-order valence-electron chi connectivity index (χ0n) is 14.7. The van der Waals surface area contributed by atoms with Gasteiger partial charge >= 0.3 is 7.60 Å². The number of nitrogens with two attached hydrogens (primary N) is 1. The van der Waals surface area contributed by atoms with Gasteiger partial charge in [0, 0.05) is 17.8 Å². The highest BCUT2D eigenvalue weighted by atomic mass is 31.2. The number of fused-ring (bicyclic) bond motifs is 1. The molecule has 0 fully saturated rings. The van der Waals surface area contributed by atoms with Crippen molar-refractivity contribution in [1.29, 1.82) is 0 Å². The predicted molar refractivity (Wildman–Crippen MR) is 95.9 cm³/mol. The molecule has 3 rings (SSSR count). The first kappa shape index (κ1) is 19.9. The molecule has 1 atom stereocenters. The lowest BCUT2D eigenvalue weighted by atomic mass is 10.5. The van der Waals surface area contributed by atoms with Crippen LogP contribution in [-0.2, 0) is 27.0 Å². The lowest BCUT2D eigenvalue weighted by Crippen LogP contribution is -2.08. The van der Waals surface area contributed by atoms with Crippen molar-refractivity contribution in [3.05, 3.63) is 29.1 Å². The van der Waals surface area contributed by atoms with E-state index in [4.69, 9.17) is 24.1 Å². The predicted octanol–water partition coefficient (Wildman–Crippen LogP) is 1.78. The van der Waals surface area contributed by atoms with Crippen LogP contribution in [0.2, 0.25) is 0 Å². The standard InChI is InChI=1S/C14H17N6O7P/c1-24-13-11-12(17-14(15)18-13)20(7-16-11)4-5-25-8-28(22,23)26-6-9-2-3-10(19-21)27-9/h2-3,7H,4-6,8H2,1H3,(H,22,23)(H2,15,17,18). The summed E-state index contributed by atoms with van der Waals surface area (Å²) in [5.74, 6) is 0.337. The number of ether oxygens (including phenoxy) is 2. The SMILES string of the molecule is COc1nc(N)nc2c1ncn2CCOCP(=O)(O)OCc1ccc(N=O)o1. The van der Waals surface area contributed by atoms with Gasteiger partial charge in [0.25, 0.3) is 5.88 Å². The highest BCUT2D eigenvalue weighted by molar-refractivity contribution is 7.52. The minimum atomic E-state index is -4.01. The largest absolute Gasteiger partial charge is 0.479 e. The lowest BCUT2D eigenvalue weighted by Gasteiger charge is -2.12. The summed E-state index contributed by atoms with van der Waals surface area (Å²) < 4.78 is 33.8. The van der Waals surface area contributed by atoms with E-state index in [1.165, 1.54) is 25.6 Å². The van der Waals surface area contributed by atoms with E-state index >= 15 is 0 Å². The fourth-order valence-corrected chi connectivity index (χ4v) is 3.04. The average molecular weight is 412 g/mol. The van der Waals surface area contributed by atoms with Gasteiger partial charge in [-0.2, -0.15) is 9.97 Å². The molecule has 13 nitrogen and oxygen atoms in total. The topological polar surface area (TPSA) is 177 Å². The van der Waals surface area contributed by atoms with Gasteiger partial charge in [0.05, 0.1) is 20.0 Å². The van der Waals surface area contributed by atoms with Crippen LogP contribution in [0.1, 0.15) is 5.76 Å². The average Bonchev–Trinajstić information content (AvgIpc) is 3.30. The maximum Gasteiger partial charge on any atom is 0.353 e. The van der Waals surface area contributed by atoms with Gasteiger partial charge in [0.1, 0.15) is 18.7 Å². The Morgan fingerprint density at radius 3 is 2.93 bits per heavy atom.